The average Bonchev–Trinajstić information content (AvgIpc) is 3.15. The van der Waals surface area contributed by atoms with Crippen LogP contribution in [0.1, 0.15) is 0 Å². The van der Waals surface area contributed by atoms with Gasteiger partial charge in [0.15, 0.2) is 17.5 Å². The highest BCUT2D eigenvalue weighted by molar-refractivity contribution is 6.09. The van der Waals surface area contributed by atoms with Gasteiger partial charge in [-0.25, -0.2) is 15.0 Å². The molecule has 0 unspecified atom stereocenters. The molecule has 4 heteroatoms. The van der Waals surface area contributed by atoms with E-state index in [1.807, 2.05) is 54.6 Å². The van der Waals surface area contributed by atoms with Crippen LogP contribution in [0.2, 0.25) is 0 Å². The maximum absolute atomic E-state index is 6.92. The molecule has 1 aromatic heterocycles. The molecule has 1 aliphatic rings. The van der Waals surface area contributed by atoms with E-state index in [9.17, 15) is 0 Å². The highest BCUT2D eigenvalue weighted by atomic mass is 16.5. The second kappa shape index (κ2) is 11.2. The van der Waals surface area contributed by atoms with Gasteiger partial charge in [-0.2, -0.15) is 0 Å². The molecule has 0 fully saturated rings. The topological polar surface area (TPSA) is 47.9 Å². The summed E-state index contributed by atoms with van der Waals surface area (Å²) in [5.74, 6) is 3.26. The molecule has 9 rings (SSSR count). The molecule has 4 nitrogen and oxygen atoms in total. The highest BCUT2D eigenvalue weighted by Gasteiger charge is 2.24. The van der Waals surface area contributed by atoms with Crippen LogP contribution in [0.4, 0.5) is 0 Å². The number of aromatic nitrogens is 3. The molecular formula is C43H27N3O. The summed E-state index contributed by atoms with van der Waals surface area (Å²) < 4.78 is 6.92. The van der Waals surface area contributed by atoms with Crippen molar-refractivity contribution in [3.8, 4) is 79.0 Å². The first kappa shape index (κ1) is 27.0. The Kier molecular flexibility index (Phi) is 6.43. The van der Waals surface area contributed by atoms with Crippen LogP contribution in [0.3, 0.4) is 0 Å². The molecule has 0 saturated carbocycles. The zero-order valence-electron chi connectivity index (χ0n) is 25.3. The van der Waals surface area contributed by atoms with Gasteiger partial charge >= 0.3 is 0 Å². The van der Waals surface area contributed by atoms with E-state index in [0.717, 1.165) is 61.6 Å². The summed E-state index contributed by atoms with van der Waals surface area (Å²) in [5.41, 5.74) is 9.16. The van der Waals surface area contributed by atoms with Crippen LogP contribution in [0.25, 0.3) is 78.3 Å². The Hall–Kier alpha value is -6.39. The monoisotopic (exact) mass is 601 g/mol. The van der Waals surface area contributed by atoms with Crippen LogP contribution in [-0.2, 0) is 0 Å². The SMILES string of the molecule is c1ccc(-c2cccc(-c3nc(-c4ccccc4)nc(-c4cccc5c4Oc4ccccc4-c4cccc6cccc-5c46)n3)c2)cc1. The van der Waals surface area contributed by atoms with Crippen molar-refractivity contribution >= 4 is 10.8 Å². The fraction of sp³-hybridized carbons (Fsp3) is 0. The molecule has 0 amide bonds. The maximum Gasteiger partial charge on any atom is 0.167 e. The molecule has 0 radical (unpaired) electrons. The Bertz CT molecular complexity index is 2430. The first-order valence-corrected chi connectivity index (χ1v) is 15.7. The third-order valence-corrected chi connectivity index (χ3v) is 8.74. The van der Waals surface area contributed by atoms with Gasteiger partial charge in [-0.05, 0) is 51.2 Å². The third-order valence-electron chi connectivity index (χ3n) is 8.74. The number of hydrogen-bond acceptors (Lipinski definition) is 4. The number of ether oxygens (including phenoxy) is 1. The first-order chi connectivity index (χ1) is 23.3. The molecule has 1 aliphatic heterocycles. The Labute approximate surface area is 272 Å². The van der Waals surface area contributed by atoms with E-state index in [1.165, 1.54) is 10.8 Å². The molecule has 0 N–H and O–H groups in total. The maximum atomic E-state index is 6.92. The van der Waals surface area contributed by atoms with Crippen molar-refractivity contribution in [3.63, 3.8) is 0 Å². The standard InChI is InChI=1S/C43H27N3O/c1-3-13-28(14-4-1)31-19-9-20-32(27-31)42-44-41(30-15-5-2-6-16-30)45-43(46-42)37-25-12-24-36-35-23-11-18-29-17-10-22-34(39(29)35)33-21-7-8-26-38(33)47-40(36)37/h1-27H. The highest BCUT2D eigenvalue weighted by Crippen LogP contribution is 2.49. The number of fused-ring (bicyclic) bond motifs is 4. The molecule has 8 aromatic rings. The van der Waals surface area contributed by atoms with Gasteiger partial charge < -0.3 is 4.74 Å². The van der Waals surface area contributed by atoms with Crippen LogP contribution in [0, 0.1) is 0 Å². The van der Waals surface area contributed by atoms with Crippen LogP contribution in [0.15, 0.2) is 164 Å². The van der Waals surface area contributed by atoms with Crippen molar-refractivity contribution < 1.29 is 4.74 Å². The van der Waals surface area contributed by atoms with Crippen molar-refractivity contribution in [2.24, 2.45) is 0 Å². The largest absolute Gasteiger partial charge is 0.455 e. The lowest BCUT2D eigenvalue weighted by molar-refractivity contribution is 0.487. The minimum Gasteiger partial charge on any atom is -0.455 e. The number of rotatable bonds is 4. The summed E-state index contributed by atoms with van der Waals surface area (Å²) in [6.07, 6.45) is 0. The number of para-hydroxylation sites is 2. The van der Waals surface area contributed by atoms with E-state index in [0.29, 0.717) is 17.5 Å². The minimum absolute atomic E-state index is 0.550. The summed E-state index contributed by atoms with van der Waals surface area (Å²) in [6.45, 7) is 0. The molecule has 0 spiro atoms. The third kappa shape index (κ3) is 4.75. The van der Waals surface area contributed by atoms with Gasteiger partial charge in [-0.3, -0.25) is 0 Å². The van der Waals surface area contributed by atoms with Crippen LogP contribution >= 0.6 is 0 Å². The fourth-order valence-corrected chi connectivity index (χ4v) is 6.52. The lowest BCUT2D eigenvalue weighted by Crippen LogP contribution is -2.03. The summed E-state index contributed by atoms with van der Waals surface area (Å²) >= 11 is 0. The quantitative estimate of drug-likeness (QED) is 0.201. The Morgan fingerprint density at radius 2 is 0.851 bits per heavy atom. The van der Waals surface area contributed by atoms with Crippen molar-refractivity contribution in [2.75, 3.05) is 0 Å². The lowest BCUT2D eigenvalue weighted by atomic mass is 9.89. The van der Waals surface area contributed by atoms with E-state index in [-0.39, 0.29) is 0 Å². The molecule has 7 aromatic carbocycles. The van der Waals surface area contributed by atoms with Crippen molar-refractivity contribution in [1.29, 1.82) is 0 Å². The average molecular weight is 602 g/mol. The van der Waals surface area contributed by atoms with Gasteiger partial charge in [0.25, 0.3) is 0 Å². The summed E-state index contributed by atoms with van der Waals surface area (Å²) in [7, 11) is 0. The lowest BCUT2D eigenvalue weighted by Gasteiger charge is -2.23. The zero-order chi connectivity index (χ0) is 31.2. The normalized spacial score (nSPS) is 11.6. The predicted octanol–water partition coefficient (Wildman–Crippen LogP) is 11.1. The molecule has 0 bridgehead atoms. The smallest absolute Gasteiger partial charge is 0.167 e. The molecule has 0 atom stereocenters. The van der Waals surface area contributed by atoms with E-state index < -0.39 is 0 Å². The predicted molar refractivity (Wildman–Crippen MR) is 190 cm³/mol. The van der Waals surface area contributed by atoms with Gasteiger partial charge in [-0.15, -0.1) is 0 Å². The molecule has 47 heavy (non-hydrogen) atoms. The van der Waals surface area contributed by atoms with Crippen LogP contribution in [-0.4, -0.2) is 15.0 Å². The summed E-state index contributed by atoms with van der Waals surface area (Å²) in [4.78, 5) is 15.2. The first-order valence-electron chi connectivity index (χ1n) is 15.7. The summed E-state index contributed by atoms with van der Waals surface area (Å²) in [6, 6.07) is 56.2. The van der Waals surface area contributed by atoms with E-state index >= 15 is 0 Å². The molecule has 0 aliphatic carbocycles. The second-order valence-electron chi connectivity index (χ2n) is 11.6. The number of hydrogen-bond donors (Lipinski definition) is 0. The van der Waals surface area contributed by atoms with Crippen LogP contribution in [0.5, 0.6) is 11.5 Å². The van der Waals surface area contributed by atoms with E-state index in [2.05, 4.69) is 109 Å². The fourth-order valence-electron chi connectivity index (χ4n) is 6.52. The van der Waals surface area contributed by atoms with Crippen molar-refractivity contribution in [2.45, 2.75) is 0 Å². The van der Waals surface area contributed by atoms with Crippen LogP contribution < -0.4 is 4.74 Å². The molecule has 220 valence electrons. The van der Waals surface area contributed by atoms with Gasteiger partial charge in [0.2, 0.25) is 0 Å². The zero-order valence-corrected chi connectivity index (χ0v) is 25.3. The molecular weight excluding hydrogens is 574 g/mol. The minimum atomic E-state index is 0.550. The Morgan fingerprint density at radius 3 is 1.64 bits per heavy atom. The molecule has 2 heterocycles. The van der Waals surface area contributed by atoms with E-state index in [1.54, 1.807) is 0 Å². The van der Waals surface area contributed by atoms with Gasteiger partial charge in [0, 0.05) is 22.3 Å². The second-order valence-corrected chi connectivity index (χ2v) is 11.6. The van der Waals surface area contributed by atoms with Gasteiger partial charge in [0.1, 0.15) is 11.5 Å². The number of benzene rings is 7. The summed E-state index contributed by atoms with van der Waals surface area (Å²) in [5, 5.41) is 2.38. The van der Waals surface area contributed by atoms with Gasteiger partial charge in [-0.1, -0.05) is 146 Å². The Balaban J connectivity index is 1.30. The van der Waals surface area contributed by atoms with Crippen molar-refractivity contribution in [1.82, 2.24) is 15.0 Å². The van der Waals surface area contributed by atoms with E-state index in [4.69, 9.17) is 19.7 Å². The van der Waals surface area contributed by atoms with Gasteiger partial charge in [0.05, 0.1) is 5.56 Å². The van der Waals surface area contributed by atoms with Crippen molar-refractivity contribution in [3.05, 3.63) is 164 Å². The molecule has 0 saturated heterocycles. The number of nitrogens with zero attached hydrogens (tertiary/aromatic N) is 3. The Morgan fingerprint density at radius 1 is 0.340 bits per heavy atom.